The summed E-state index contributed by atoms with van der Waals surface area (Å²) in [4.78, 5) is 11.3. The fourth-order valence-electron chi connectivity index (χ4n) is 0.970. The van der Waals surface area contributed by atoms with E-state index in [0.29, 0.717) is 5.56 Å². The van der Waals surface area contributed by atoms with E-state index >= 15 is 0 Å². The molecule has 15 heavy (non-hydrogen) atoms. The van der Waals surface area contributed by atoms with Gasteiger partial charge in [0.25, 0.3) is 0 Å². The van der Waals surface area contributed by atoms with E-state index in [1.807, 2.05) is 6.92 Å². The van der Waals surface area contributed by atoms with Crippen molar-refractivity contribution in [1.82, 2.24) is 0 Å². The van der Waals surface area contributed by atoms with Crippen molar-refractivity contribution < 1.29 is 19.4 Å². The molecule has 1 nitrogen and oxygen atoms in total. The van der Waals surface area contributed by atoms with Gasteiger partial charge in [0.1, 0.15) is 0 Å². The van der Waals surface area contributed by atoms with Crippen molar-refractivity contribution in [2.75, 3.05) is 5.75 Å². The predicted molar refractivity (Wildman–Crippen MR) is 55.1 cm³/mol. The number of carbonyl (C=O) groups is 1. The minimum absolute atomic E-state index is 0. The zero-order valence-electron chi connectivity index (χ0n) is 8.97. The molecule has 0 saturated carbocycles. The molecule has 0 heterocycles. The zero-order valence-corrected chi connectivity index (χ0v) is 8.78. The van der Waals surface area contributed by atoms with Crippen LogP contribution in [0.25, 0.3) is 0 Å². The second-order valence-corrected chi connectivity index (χ2v) is 4.06. The van der Waals surface area contributed by atoms with E-state index in [9.17, 15) is 18.0 Å². The average Bonchev–Trinajstić information content (AvgIpc) is 2.14. The van der Waals surface area contributed by atoms with Gasteiger partial charge in [-0.3, -0.25) is 4.79 Å². The maximum atomic E-state index is 11.8. The van der Waals surface area contributed by atoms with Gasteiger partial charge in [0, 0.05) is 5.56 Å². The van der Waals surface area contributed by atoms with Crippen LogP contribution >= 0.6 is 11.8 Å². The van der Waals surface area contributed by atoms with Gasteiger partial charge in [-0.05, 0) is 18.7 Å². The van der Waals surface area contributed by atoms with Crippen LogP contribution in [0.2, 0.25) is 0 Å². The number of benzene rings is 1. The van der Waals surface area contributed by atoms with Crippen molar-refractivity contribution in [3.8, 4) is 0 Å². The predicted octanol–water partition coefficient (Wildman–Crippen LogP) is 3.54. The largest absolute Gasteiger partial charge is 1.00 e. The van der Waals surface area contributed by atoms with E-state index in [-0.39, 0.29) is 13.2 Å². The normalized spacial score (nSPS) is 11.5. The van der Waals surface area contributed by atoms with Crippen molar-refractivity contribution in [3.05, 3.63) is 35.4 Å². The third kappa shape index (κ3) is 4.38. The summed E-state index contributed by atoms with van der Waals surface area (Å²) in [7, 11) is 0. The Balaban J connectivity index is 0.00000225. The summed E-state index contributed by atoms with van der Waals surface area (Å²) in [6.45, 7) is 1.85. The maximum Gasteiger partial charge on any atom is 1.00 e. The Kier molecular flexibility index (Phi) is 3.79. The van der Waals surface area contributed by atoms with Crippen molar-refractivity contribution in [2.45, 2.75) is 12.4 Å². The van der Waals surface area contributed by atoms with E-state index in [0.717, 1.165) is 5.56 Å². The van der Waals surface area contributed by atoms with Gasteiger partial charge < -0.3 is 0 Å². The van der Waals surface area contributed by atoms with Gasteiger partial charge in [-0.25, -0.2) is 0 Å². The molecule has 0 N–H and O–H groups in total. The summed E-state index contributed by atoms with van der Waals surface area (Å²) >= 11 is -0.309. The van der Waals surface area contributed by atoms with Gasteiger partial charge in [-0.15, -0.1) is 0 Å². The molecule has 0 unspecified atom stereocenters. The minimum atomic E-state index is -4.35. The molecule has 1 aromatic rings. The molecule has 5 heteroatoms. The average molecular weight is 235 g/mol. The van der Waals surface area contributed by atoms with Crippen LogP contribution in [0.15, 0.2) is 24.3 Å². The molecule has 1 rings (SSSR count). The SMILES string of the molecule is Cc1ccc(C(=O)CSC(F)(F)F)cc1.[H+]. The van der Waals surface area contributed by atoms with Crippen LogP contribution in [0, 0.1) is 6.92 Å². The Labute approximate surface area is 91.2 Å². The topological polar surface area (TPSA) is 17.1 Å². The van der Waals surface area contributed by atoms with Gasteiger partial charge in [-0.1, -0.05) is 29.8 Å². The van der Waals surface area contributed by atoms with Crippen molar-refractivity contribution in [3.63, 3.8) is 0 Å². The standard InChI is InChI=1S/C10H9F3OS/c1-7-2-4-8(5-3-7)9(14)6-15-10(11,12)13/h2-5H,6H2,1H3/p+1. The van der Waals surface area contributed by atoms with Crippen LogP contribution in [0.3, 0.4) is 0 Å². The quantitative estimate of drug-likeness (QED) is 0.745. The lowest BCUT2D eigenvalue weighted by Crippen LogP contribution is -2.09. The third-order valence-corrected chi connectivity index (χ3v) is 2.47. The van der Waals surface area contributed by atoms with Crippen molar-refractivity contribution in [2.24, 2.45) is 0 Å². The van der Waals surface area contributed by atoms with Crippen LogP contribution in [0.5, 0.6) is 0 Å². The molecule has 1 aromatic carbocycles. The number of hydrogen-bond acceptors (Lipinski definition) is 2. The van der Waals surface area contributed by atoms with Crippen molar-refractivity contribution >= 4 is 17.5 Å². The molecule has 0 atom stereocenters. The lowest BCUT2D eigenvalue weighted by atomic mass is 10.1. The lowest BCUT2D eigenvalue weighted by molar-refractivity contribution is -0.0327. The van der Waals surface area contributed by atoms with Gasteiger partial charge >= 0.3 is 6.93 Å². The van der Waals surface area contributed by atoms with E-state index in [2.05, 4.69) is 0 Å². The Morgan fingerprint density at radius 1 is 1.33 bits per heavy atom. The number of carbonyl (C=O) groups excluding carboxylic acids is 1. The molecule has 82 valence electrons. The molecular weight excluding hydrogens is 225 g/mol. The summed E-state index contributed by atoms with van der Waals surface area (Å²) in [5.74, 6) is -1.07. The fraction of sp³-hybridized carbons (Fsp3) is 0.300. The first-order valence-electron chi connectivity index (χ1n) is 4.19. The fourth-order valence-corrected chi connectivity index (χ4v) is 1.43. The summed E-state index contributed by atoms with van der Waals surface area (Å²) in [5, 5.41) is 0. The second-order valence-electron chi connectivity index (χ2n) is 3.02. The van der Waals surface area contributed by atoms with Crippen LogP contribution in [0.4, 0.5) is 13.2 Å². The Morgan fingerprint density at radius 3 is 2.33 bits per heavy atom. The number of hydrogen-bond donors (Lipinski definition) is 0. The number of Topliss-reactive ketones (excluding diaryl/α,β-unsaturated/α-hetero) is 1. The highest BCUT2D eigenvalue weighted by Crippen LogP contribution is 2.30. The number of aryl methyl sites for hydroxylation is 1. The number of rotatable bonds is 3. The highest BCUT2D eigenvalue weighted by molar-refractivity contribution is 8.00. The van der Waals surface area contributed by atoms with Crippen LogP contribution in [0.1, 0.15) is 17.3 Å². The van der Waals surface area contributed by atoms with Crippen LogP contribution in [-0.2, 0) is 0 Å². The molecule has 0 bridgehead atoms. The minimum Gasteiger partial charge on any atom is -0.293 e. The molecule has 0 spiro atoms. The van der Waals surface area contributed by atoms with Gasteiger partial charge in [-0.2, -0.15) is 13.2 Å². The molecule has 0 radical (unpaired) electrons. The molecule has 0 saturated heterocycles. The first-order valence-corrected chi connectivity index (χ1v) is 5.17. The van der Waals surface area contributed by atoms with Gasteiger partial charge in [0.05, 0.1) is 5.75 Å². The second kappa shape index (κ2) is 4.70. The molecule has 0 aliphatic rings. The third-order valence-electron chi connectivity index (χ3n) is 1.74. The number of alkyl halides is 3. The van der Waals surface area contributed by atoms with Crippen LogP contribution in [-0.4, -0.2) is 17.0 Å². The number of ketones is 1. The lowest BCUT2D eigenvalue weighted by Gasteiger charge is -2.04. The van der Waals surface area contributed by atoms with E-state index < -0.39 is 17.0 Å². The molecule has 0 fully saturated rings. The maximum absolute atomic E-state index is 11.8. The Bertz CT molecular complexity index is 348. The Morgan fingerprint density at radius 2 is 1.87 bits per heavy atom. The van der Waals surface area contributed by atoms with Gasteiger partial charge in [0.2, 0.25) is 0 Å². The molecule has 0 amide bonds. The van der Waals surface area contributed by atoms with E-state index in [1.54, 1.807) is 12.1 Å². The first-order chi connectivity index (χ1) is 6.88. The Hall–Kier alpha value is -0.970. The van der Waals surface area contributed by atoms with Gasteiger partial charge in [0.15, 0.2) is 5.78 Å². The first kappa shape index (κ1) is 12.1. The van der Waals surface area contributed by atoms with Crippen molar-refractivity contribution in [1.29, 1.82) is 0 Å². The molecular formula is C10H10F3OS+. The summed E-state index contributed by atoms with van der Waals surface area (Å²) in [6, 6.07) is 6.47. The zero-order chi connectivity index (χ0) is 11.5. The highest BCUT2D eigenvalue weighted by atomic mass is 32.2. The summed E-state index contributed by atoms with van der Waals surface area (Å²) in [5.41, 5.74) is -3.06. The highest BCUT2D eigenvalue weighted by Gasteiger charge is 2.29. The molecule has 0 aromatic heterocycles. The monoisotopic (exact) mass is 235 g/mol. The van der Waals surface area contributed by atoms with E-state index in [4.69, 9.17) is 0 Å². The molecule has 0 aliphatic heterocycles. The molecule has 0 aliphatic carbocycles. The van der Waals surface area contributed by atoms with Crippen LogP contribution < -0.4 is 0 Å². The van der Waals surface area contributed by atoms with E-state index in [1.165, 1.54) is 12.1 Å². The summed E-state index contributed by atoms with van der Waals surface area (Å²) in [6.07, 6.45) is 0. The smallest absolute Gasteiger partial charge is 0.293 e. The summed E-state index contributed by atoms with van der Waals surface area (Å²) < 4.78 is 35.4. The number of halogens is 3. The number of thioether (sulfide) groups is 1.